The largest absolute Gasteiger partial charge is 0.380 e. The van der Waals surface area contributed by atoms with E-state index in [2.05, 4.69) is 26.0 Å². The normalized spacial score (nSPS) is 12.8. The van der Waals surface area contributed by atoms with Gasteiger partial charge in [0.05, 0.1) is 0 Å². The molecule has 1 atom stereocenters. The van der Waals surface area contributed by atoms with Crippen LogP contribution in [0.5, 0.6) is 0 Å². The topological polar surface area (TPSA) is 50.9 Å². The molecule has 0 aliphatic carbocycles. The summed E-state index contributed by atoms with van der Waals surface area (Å²) in [5.41, 5.74) is 0.574. The predicted octanol–water partition coefficient (Wildman–Crippen LogP) is 1.80. The number of rotatable bonds is 2. The van der Waals surface area contributed by atoms with Crippen molar-refractivity contribution in [3.63, 3.8) is 0 Å². The van der Waals surface area contributed by atoms with Gasteiger partial charge in [0, 0.05) is 7.05 Å². The summed E-state index contributed by atoms with van der Waals surface area (Å²) in [6.07, 6.45) is -0.913. The Kier molecular flexibility index (Phi) is 3.02. The van der Waals surface area contributed by atoms with Crippen molar-refractivity contribution < 1.29 is 9.50 Å². The fourth-order valence-corrected chi connectivity index (χ4v) is 1.82. The monoisotopic (exact) mass is 285 g/mol. The molecule has 0 aliphatic heterocycles. The highest BCUT2D eigenvalue weighted by atomic mass is 79.9. The number of halogens is 2. The molecule has 4 nitrogen and oxygen atoms in total. The molecule has 6 heteroatoms. The summed E-state index contributed by atoms with van der Waals surface area (Å²) >= 11 is 3.12. The van der Waals surface area contributed by atoms with Gasteiger partial charge in [-0.1, -0.05) is 12.1 Å². The van der Waals surface area contributed by atoms with Gasteiger partial charge in [0.25, 0.3) is 0 Å². The Hall–Kier alpha value is -1.27. The van der Waals surface area contributed by atoms with Gasteiger partial charge < -0.3 is 5.11 Å². The SMILES string of the molecule is Cn1nc(Br)nc1C(O)c1ccc(F)cc1. The number of nitrogens with zero attached hydrogens (tertiary/aromatic N) is 3. The number of aryl methyl sites for hydroxylation is 1. The smallest absolute Gasteiger partial charge is 0.217 e. The first-order chi connectivity index (χ1) is 7.58. The Morgan fingerprint density at radius 1 is 1.38 bits per heavy atom. The van der Waals surface area contributed by atoms with E-state index >= 15 is 0 Å². The number of hydrogen-bond acceptors (Lipinski definition) is 3. The number of aromatic nitrogens is 3. The molecule has 0 radical (unpaired) electrons. The van der Waals surface area contributed by atoms with Gasteiger partial charge in [-0.3, -0.25) is 0 Å². The molecule has 0 spiro atoms. The summed E-state index contributed by atoms with van der Waals surface area (Å²) < 4.78 is 14.6. The van der Waals surface area contributed by atoms with Crippen LogP contribution in [0.4, 0.5) is 4.39 Å². The number of aliphatic hydroxyl groups excluding tert-OH is 1. The fraction of sp³-hybridized carbons (Fsp3) is 0.200. The zero-order valence-corrected chi connectivity index (χ0v) is 10.0. The molecule has 84 valence electrons. The summed E-state index contributed by atoms with van der Waals surface area (Å²) in [6, 6.07) is 5.62. The minimum atomic E-state index is -0.913. The van der Waals surface area contributed by atoms with Gasteiger partial charge in [0.2, 0.25) is 4.73 Å². The van der Waals surface area contributed by atoms with E-state index in [-0.39, 0.29) is 5.82 Å². The van der Waals surface area contributed by atoms with Gasteiger partial charge in [-0.25, -0.2) is 14.1 Å². The van der Waals surface area contributed by atoms with E-state index in [0.717, 1.165) is 0 Å². The first-order valence-corrected chi connectivity index (χ1v) is 5.37. The third kappa shape index (κ3) is 2.12. The van der Waals surface area contributed by atoms with E-state index in [9.17, 15) is 9.50 Å². The van der Waals surface area contributed by atoms with Crippen LogP contribution in [0.2, 0.25) is 0 Å². The molecule has 0 saturated heterocycles. The standard InChI is InChI=1S/C10H9BrFN3O/c1-15-9(13-10(11)14-15)8(16)6-2-4-7(12)5-3-6/h2-5,8,16H,1H3. The molecule has 0 fully saturated rings. The van der Waals surface area contributed by atoms with Crippen molar-refractivity contribution in [1.29, 1.82) is 0 Å². The Labute approximate surface area is 99.9 Å². The molecule has 0 saturated carbocycles. The van der Waals surface area contributed by atoms with Crippen LogP contribution in [0.3, 0.4) is 0 Å². The van der Waals surface area contributed by atoms with Crippen LogP contribution in [0.1, 0.15) is 17.5 Å². The summed E-state index contributed by atoms with van der Waals surface area (Å²) in [7, 11) is 1.68. The molecule has 1 aromatic heterocycles. The lowest BCUT2D eigenvalue weighted by Crippen LogP contribution is -2.08. The van der Waals surface area contributed by atoms with Crippen molar-refractivity contribution in [1.82, 2.24) is 14.8 Å². The van der Waals surface area contributed by atoms with Crippen molar-refractivity contribution >= 4 is 15.9 Å². The van der Waals surface area contributed by atoms with Gasteiger partial charge in [-0.15, -0.1) is 5.10 Å². The molecule has 16 heavy (non-hydrogen) atoms. The van der Waals surface area contributed by atoms with Gasteiger partial charge >= 0.3 is 0 Å². The van der Waals surface area contributed by atoms with Crippen LogP contribution < -0.4 is 0 Å². The molecule has 0 aliphatic rings. The number of hydrogen-bond donors (Lipinski definition) is 1. The molecule has 2 aromatic rings. The lowest BCUT2D eigenvalue weighted by atomic mass is 10.1. The van der Waals surface area contributed by atoms with Crippen LogP contribution in [-0.4, -0.2) is 19.9 Å². The minimum absolute atomic E-state index is 0.338. The Balaban J connectivity index is 2.35. The van der Waals surface area contributed by atoms with Crippen molar-refractivity contribution in [2.75, 3.05) is 0 Å². The molecule has 1 aromatic carbocycles. The lowest BCUT2D eigenvalue weighted by molar-refractivity contribution is 0.204. The predicted molar refractivity (Wildman–Crippen MR) is 59.2 cm³/mol. The molecule has 1 N–H and O–H groups in total. The second-order valence-electron chi connectivity index (χ2n) is 3.32. The third-order valence-corrected chi connectivity index (χ3v) is 2.54. The molecule has 0 amide bonds. The van der Waals surface area contributed by atoms with E-state index in [4.69, 9.17) is 0 Å². The van der Waals surface area contributed by atoms with Crippen LogP contribution in [0.25, 0.3) is 0 Å². The van der Waals surface area contributed by atoms with Gasteiger partial charge in [-0.05, 0) is 33.6 Å². The number of benzene rings is 1. The molecule has 1 heterocycles. The zero-order chi connectivity index (χ0) is 11.7. The Bertz CT molecular complexity index is 497. The second kappa shape index (κ2) is 4.31. The van der Waals surface area contributed by atoms with Crippen molar-refractivity contribution in [2.24, 2.45) is 7.05 Å². The maximum Gasteiger partial charge on any atom is 0.217 e. The van der Waals surface area contributed by atoms with Crippen LogP contribution in [0, 0.1) is 5.82 Å². The van der Waals surface area contributed by atoms with Gasteiger partial charge in [-0.2, -0.15) is 0 Å². The lowest BCUT2D eigenvalue weighted by Gasteiger charge is -2.09. The molecular formula is C10H9BrFN3O. The summed E-state index contributed by atoms with van der Waals surface area (Å²) in [4.78, 5) is 4.03. The highest BCUT2D eigenvalue weighted by Gasteiger charge is 2.17. The summed E-state index contributed by atoms with van der Waals surface area (Å²) in [5, 5.41) is 14.0. The third-order valence-electron chi connectivity index (χ3n) is 2.20. The van der Waals surface area contributed by atoms with Crippen LogP contribution in [-0.2, 0) is 7.05 Å². The average molecular weight is 286 g/mol. The maximum atomic E-state index is 12.7. The van der Waals surface area contributed by atoms with E-state index in [1.807, 2.05) is 0 Å². The van der Waals surface area contributed by atoms with E-state index in [1.165, 1.54) is 28.9 Å². The maximum absolute atomic E-state index is 12.7. The Morgan fingerprint density at radius 3 is 2.50 bits per heavy atom. The molecular weight excluding hydrogens is 277 g/mol. The quantitative estimate of drug-likeness (QED) is 0.915. The zero-order valence-electron chi connectivity index (χ0n) is 8.43. The second-order valence-corrected chi connectivity index (χ2v) is 4.03. The van der Waals surface area contributed by atoms with Crippen molar-refractivity contribution in [3.05, 3.63) is 46.2 Å². The first-order valence-electron chi connectivity index (χ1n) is 4.58. The molecule has 0 bridgehead atoms. The van der Waals surface area contributed by atoms with E-state index in [1.54, 1.807) is 7.05 Å². The fourth-order valence-electron chi connectivity index (χ4n) is 1.40. The van der Waals surface area contributed by atoms with Crippen molar-refractivity contribution in [3.8, 4) is 0 Å². The van der Waals surface area contributed by atoms with Crippen molar-refractivity contribution in [2.45, 2.75) is 6.10 Å². The van der Waals surface area contributed by atoms with E-state index in [0.29, 0.717) is 16.1 Å². The highest BCUT2D eigenvalue weighted by Crippen LogP contribution is 2.21. The molecule has 2 rings (SSSR count). The van der Waals surface area contributed by atoms with Gasteiger partial charge in [0.15, 0.2) is 5.82 Å². The average Bonchev–Trinajstić information content (AvgIpc) is 2.58. The van der Waals surface area contributed by atoms with E-state index < -0.39 is 6.10 Å². The highest BCUT2D eigenvalue weighted by molar-refractivity contribution is 9.10. The Morgan fingerprint density at radius 2 is 2.00 bits per heavy atom. The van der Waals surface area contributed by atoms with Gasteiger partial charge in [0.1, 0.15) is 11.9 Å². The number of aliphatic hydroxyl groups is 1. The van der Waals surface area contributed by atoms with Crippen LogP contribution in [0.15, 0.2) is 29.0 Å². The summed E-state index contributed by atoms with van der Waals surface area (Å²) in [6.45, 7) is 0. The molecule has 1 unspecified atom stereocenters. The minimum Gasteiger partial charge on any atom is -0.380 e. The van der Waals surface area contributed by atoms with Crippen LogP contribution >= 0.6 is 15.9 Å². The summed E-state index contributed by atoms with van der Waals surface area (Å²) in [5.74, 6) is 0.0635. The first kappa shape index (κ1) is 11.2.